The number of esters is 3. The fourth-order valence-corrected chi connectivity index (χ4v) is 9.39. The van der Waals surface area contributed by atoms with Gasteiger partial charge >= 0.3 is 23.9 Å². The first-order valence-corrected chi connectivity index (χ1v) is 31.9. The van der Waals surface area contributed by atoms with Crippen LogP contribution in [0.4, 0.5) is 0 Å². The van der Waals surface area contributed by atoms with Crippen molar-refractivity contribution in [2.45, 2.75) is 314 Å². The molecule has 12 nitrogen and oxygen atoms in total. The predicted octanol–water partition coefficient (Wildman–Crippen LogP) is 16.9. The molecule has 0 aromatic rings. The lowest BCUT2D eigenvalue weighted by atomic mass is 9.98. The van der Waals surface area contributed by atoms with Crippen molar-refractivity contribution < 1.29 is 58.2 Å². The predicted molar refractivity (Wildman–Crippen MR) is 322 cm³/mol. The van der Waals surface area contributed by atoms with E-state index in [0.29, 0.717) is 19.3 Å². The van der Waals surface area contributed by atoms with Crippen LogP contribution < -0.4 is 0 Å². The van der Waals surface area contributed by atoms with Gasteiger partial charge in [0, 0.05) is 19.3 Å². The van der Waals surface area contributed by atoms with E-state index in [9.17, 15) is 34.5 Å². The first-order chi connectivity index (χ1) is 38.6. The molecule has 1 rings (SSSR count). The Labute approximate surface area is 480 Å². The number of ether oxygens (including phenoxy) is 5. The summed E-state index contributed by atoms with van der Waals surface area (Å²) in [5, 5.41) is 31.6. The maximum absolute atomic E-state index is 13.2. The minimum Gasteiger partial charge on any atom is -0.479 e. The molecule has 3 N–H and O–H groups in total. The van der Waals surface area contributed by atoms with Crippen molar-refractivity contribution in [2.75, 3.05) is 13.2 Å². The SMILES string of the molecule is CC/C=C\C/C=C\C/C=C\C/C=C\CCCCC(=O)OC(COC(=O)CCCCCCCCCCCCCCCCCCC)COC1OC(C(=O)O)C(O)C(O)C1OC(=O)CCCCCCCCC/C=C\C/C=C\CCCCC. The molecule has 0 radical (unpaired) electrons. The number of carboxylic acid groups (broad SMARTS) is 1. The molecule has 6 unspecified atom stereocenters. The van der Waals surface area contributed by atoms with Crippen LogP contribution in [0.15, 0.2) is 72.9 Å². The van der Waals surface area contributed by atoms with Gasteiger partial charge in [0.25, 0.3) is 0 Å². The molecule has 0 aromatic carbocycles. The van der Waals surface area contributed by atoms with E-state index in [1.807, 2.05) is 0 Å². The Bertz CT molecular complexity index is 1650. The van der Waals surface area contributed by atoms with Gasteiger partial charge in [-0.05, 0) is 89.9 Å². The highest BCUT2D eigenvalue weighted by Crippen LogP contribution is 2.27. The van der Waals surface area contributed by atoms with Crippen molar-refractivity contribution in [1.29, 1.82) is 0 Å². The molecule has 6 atom stereocenters. The Hall–Kier alpha value is -3.84. The third-order valence-electron chi connectivity index (χ3n) is 14.3. The maximum atomic E-state index is 13.2. The molecule has 0 aromatic heterocycles. The quantitative estimate of drug-likeness (QED) is 0.0228. The average molecular weight is 1110 g/mol. The zero-order chi connectivity index (χ0) is 57.5. The molecule has 0 bridgehead atoms. The number of carbonyl (C=O) groups is 4. The number of allylic oxidation sites excluding steroid dienone is 12. The van der Waals surface area contributed by atoms with Crippen LogP contribution >= 0.6 is 0 Å². The minimum atomic E-state index is -1.91. The largest absolute Gasteiger partial charge is 0.479 e. The van der Waals surface area contributed by atoms with Gasteiger partial charge in [0.1, 0.15) is 18.8 Å². The highest BCUT2D eigenvalue weighted by atomic mass is 16.7. The summed E-state index contributed by atoms with van der Waals surface area (Å²) in [5.41, 5.74) is 0. The fraction of sp³-hybridized carbons (Fsp3) is 0.761. The summed E-state index contributed by atoms with van der Waals surface area (Å²) in [4.78, 5) is 51.3. The van der Waals surface area contributed by atoms with E-state index < -0.39 is 67.3 Å². The molecule has 12 heteroatoms. The molecule has 1 aliphatic rings. The Morgan fingerprint density at radius 2 is 0.797 bits per heavy atom. The van der Waals surface area contributed by atoms with Crippen molar-refractivity contribution in [3.05, 3.63) is 72.9 Å². The third kappa shape index (κ3) is 44.5. The molecular formula is C67H114O12. The van der Waals surface area contributed by atoms with Gasteiger partial charge in [0.15, 0.2) is 24.6 Å². The lowest BCUT2D eigenvalue weighted by Crippen LogP contribution is -2.61. The number of aliphatic hydroxyl groups excluding tert-OH is 2. The summed E-state index contributed by atoms with van der Waals surface area (Å²) >= 11 is 0. The van der Waals surface area contributed by atoms with Crippen molar-refractivity contribution in [3.8, 4) is 0 Å². The molecule has 1 saturated heterocycles. The van der Waals surface area contributed by atoms with Crippen molar-refractivity contribution in [2.24, 2.45) is 0 Å². The van der Waals surface area contributed by atoms with Crippen LogP contribution in [0.5, 0.6) is 0 Å². The van der Waals surface area contributed by atoms with Gasteiger partial charge in [-0.15, -0.1) is 0 Å². The highest BCUT2D eigenvalue weighted by molar-refractivity contribution is 5.74. The third-order valence-corrected chi connectivity index (χ3v) is 14.3. The summed E-state index contributed by atoms with van der Waals surface area (Å²) in [7, 11) is 0. The molecule has 0 amide bonds. The summed E-state index contributed by atoms with van der Waals surface area (Å²) in [6.45, 7) is 5.85. The molecule has 1 aliphatic heterocycles. The summed E-state index contributed by atoms with van der Waals surface area (Å²) in [6, 6.07) is 0. The number of carbonyl (C=O) groups excluding carboxylic acids is 3. The summed E-state index contributed by atoms with van der Waals surface area (Å²) < 4.78 is 28.5. The number of hydrogen-bond donors (Lipinski definition) is 3. The number of carboxylic acids is 1. The van der Waals surface area contributed by atoms with E-state index in [0.717, 1.165) is 116 Å². The minimum absolute atomic E-state index is 0.0458. The van der Waals surface area contributed by atoms with E-state index in [1.54, 1.807) is 0 Å². The van der Waals surface area contributed by atoms with Gasteiger partial charge in [-0.3, -0.25) is 14.4 Å². The Morgan fingerprint density at radius 3 is 1.27 bits per heavy atom. The zero-order valence-corrected chi connectivity index (χ0v) is 50.1. The van der Waals surface area contributed by atoms with E-state index in [1.165, 1.54) is 103 Å². The van der Waals surface area contributed by atoms with E-state index in [4.69, 9.17) is 23.7 Å². The van der Waals surface area contributed by atoms with E-state index >= 15 is 0 Å². The van der Waals surface area contributed by atoms with Crippen LogP contribution in [0.25, 0.3) is 0 Å². The molecule has 0 saturated carbocycles. The van der Waals surface area contributed by atoms with Crippen molar-refractivity contribution in [3.63, 3.8) is 0 Å². The van der Waals surface area contributed by atoms with Gasteiger partial charge in [-0.25, -0.2) is 4.79 Å². The van der Waals surface area contributed by atoms with Gasteiger partial charge in [-0.2, -0.15) is 0 Å². The molecule has 0 spiro atoms. The van der Waals surface area contributed by atoms with Gasteiger partial charge < -0.3 is 39.0 Å². The molecule has 0 aliphatic carbocycles. The average Bonchev–Trinajstić information content (AvgIpc) is 3.46. The van der Waals surface area contributed by atoms with Crippen molar-refractivity contribution in [1.82, 2.24) is 0 Å². The topological polar surface area (TPSA) is 175 Å². The van der Waals surface area contributed by atoms with Gasteiger partial charge in [0.2, 0.25) is 0 Å². The van der Waals surface area contributed by atoms with Crippen LogP contribution in [0, 0.1) is 0 Å². The van der Waals surface area contributed by atoms with Crippen LogP contribution in [0.1, 0.15) is 278 Å². The Balaban J connectivity index is 2.68. The Kier molecular flexibility index (Phi) is 50.7. The van der Waals surface area contributed by atoms with Crippen LogP contribution in [-0.2, 0) is 42.9 Å². The standard InChI is InChI=1S/C67H114O12/c1-4-7-10-13-16-19-22-25-28-30-33-35-38-41-44-47-50-53-59(68)75-56-58(77-60(69)54-51-48-45-42-39-36-32-27-24-21-18-15-12-9-6-3)57-76-67-65(63(72)62(71)64(79-67)66(73)74)78-61(70)55-52-49-46-43-40-37-34-31-29-26-23-20-17-14-11-8-5-2/h9,12,17-18,20-21,26-27,29,32,39,42,58,62-65,67,71-72H,4-8,10-11,13-16,19,22-25,28,30-31,33-38,40-41,43-57H2,1-3H3,(H,73,74)/b12-9-,20-17-,21-18-,29-26-,32-27-,42-39-. The van der Waals surface area contributed by atoms with Gasteiger partial charge in [-0.1, -0.05) is 241 Å². The second-order valence-corrected chi connectivity index (χ2v) is 21.7. The highest BCUT2D eigenvalue weighted by Gasteiger charge is 2.50. The van der Waals surface area contributed by atoms with Gasteiger partial charge in [0.05, 0.1) is 6.61 Å². The number of aliphatic carboxylic acids is 1. The maximum Gasteiger partial charge on any atom is 0.335 e. The monoisotopic (exact) mass is 1110 g/mol. The molecule has 1 fully saturated rings. The molecule has 79 heavy (non-hydrogen) atoms. The first-order valence-electron chi connectivity index (χ1n) is 31.9. The number of unbranched alkanes of at least 4 members (excludes halogenated alkanes) is 28. The van der Waals surface area contributed by atoms with E-state index in [-0.39, 0.29) is 25.9 Å². The summed E-state index contributed by atoms with van der Waals surface area (Å²) in [5.74, 6) is -3.17. The molecule has 454 valence electrons. The van der Waals surface area contributed by atoms with Crippen LogP contribution in [-0.4, -0.2) is 89.2 Å². The smallest absolute Gasteiger partial charge is 0.335 e. The van der Waals surface area contributed by atoms with Crippen molar-refractivity contribution >= 4 is 23.9 Å². The van der Waals surface area contributed by atoms with E-state index in [2.05, 4.69) is 93.7 Å². The number of hydrogen-bond acceptors (Lipinski definition) is 11. The second kappa shape index (κ2) is 54.7. The lowest BCUT2D eigenvalue weighted by molar-refractivity contribution is -0.301. The van der Waals surface area contributed by atoms with Crippen LogP contribution in [0.2, 0.25) is 0 Å². The normalized spacial score (nSPS) is 18.3. The fourth-order valence-electron chi connectivity index (χ4n) is 9.39. The number of rotatable bonds is 54. The Morgan fingerprint density at radius 1 is 0.430 bits per heavy atom. The number of aliphatic hydroxyl groups is 2. The summed E-state index contributed by atoms with van der Waals surface area (Å²) in [6.07, 6.45) is 57.2. The second-order valence-electron chi connectivity index (χ2n) is 21.7. The van der Waals surface area contributed by atoms with Crippen LogP contribution in [0.3, 0.4) is 0 Å². The molecular weight excluding hydrogens is 997 g/mol. The first kappa shape index (κ1) is 73.2. The lowest BCUT2D eigenvalue weighted by Gasteiger charge is -2.40. The molecule has 1 heterocycles. The zero-order valence-electron chi connectivity index (χ0n) is 50.1.